The van der Waals surface area contributed by atoms with E-state index in [2.05, 4.69) is 10.2 Å². The second-order valence-corrected chi connectivity index (χ2v) is 7.71. The van der Waals surface area contributed by atoms with E-state index in [0.717, 1.165) is 12.1 Å². The van der Waals surface area contributed by atoms with Crippen LogP contribution in [-0.2, 0) is 6.18 Å². The van der Waals surface area contributed by atoms with Gasteiger partial charge in [-0.1, -0.05) is 12.1 Å². The Morgan fingerprint density at radius 1 is 0.882 bits per heavy atom. The molecule has 1 aliphatic heterocycles. The SMILES string of the molecule is O=C(O)c1ccc(N2CCN(C(=O)c3cc(-c4cccc(O)c4)cc(C(F)(F)F)c3)CC2)nn1. The minimum Gasteiger partial charge on any atom is -0.508 e. The number of aromatic nitrogens is 2. The number of rotatable bonds is 4. The summed E-state index contributed by atoms with van der Waals surface area (Å²) >= 11 is 0. The highest BCUT2D eigenvalue weighted by atomic mass is 19.4. The van der Waals surface area contributed by atoms with Crippen LogP contribution in [0.5, 0.6) is 5.75 Å². The minimum atomic E-state index is -4.65. The van der Waals surface area contributed by atoms with Gasteiger partial charge in [-0.3, -0.25) is 4.79 Å². The molecule has 1 aliphatic rings. The molecule has 0 radical (unpaired) electrons. The third-order valence-electron chi connectivity index (χ3n) is 5.45. The number of hydrogen-bond donors (Lipinski definition) is 2. The summed E-state index contributed by atoms with van der Waals surface area (Å²) in [7, 11) is 0. The summed E-state index contributed by atoms with van der Waals surface area (Å²) in [5.41, 5.74) is -0.726. The molecule has 0 spiro atoms. The van der Waals surface area contributed by atoms with Gasteiger partial charge in [-0.15, -0.1) is 10.2 Å². The summed E-state index contributed by atoms with van der Waals surface area (Å²) < 4.78 is 40.6. The number of anilines is 1. The highest BCUT2D eigenvalue weighted by molar-refractivity contribution is 5.96. The summed E-state index contributed by atoms with van der Waals surface area (Å²) in [6, 6.07) is 11.8. The fraction of sp³-hybridized carbons (Fsp3) is 0.217. The Kier molecular flexibility index (Phi) is 6.10. The quantitative estimate of drug-likeness (QED) is 0.598. The Labute approximate surface area is 191 Å². The fourth-order valence-electron chi connectivity index (χ4n) is 3.70. The molecule has 1 amide bonds. The van der Waals surface area contributed by atoms with Gasteiger partial charge in [-0.2, -0.15) is 13.2 Å². The van der Waals surface area contributed by atoms with Crippen LogP contribution in [0.4, 0.5) is 19.0 Å². The molecular formula is C23H19F3N4O4. The average Bonchev–Trinajstić information content (AvgIpc) is 2.83. The number of benzene rings is 2. The van der Waals surface area contributed by atoms with Crippen LogP contribution in [0.2, 0.25) is 0 Å². The molecule has 11 heteroatoms. The number of aromatic hydroxyl groups is 1. The molecule has 0 aliphatic carbocycles. The number of hydrogen-bond acceptors (Lipinski definition) is 6. The summed E-state index contributed by atoms with van der Waals surface area (Å²) in [6.45, 7) is 1.17. The second-order valence-electron chi connectivity index (χ2n) is 7.71. The summed E-state index contributed by atoms with van der Waals surface area (Å²) in [4.78, 5) is 27.3. The summed E-state index contributed by atoms with van der Waals surface area (Å²) in [5.74, 6) is -1.39. The molecule has 0 bridgehead atoms. The number of carboxylic acid groups (broad SMARTS) is 1. The van der Waals surface area contributed by atoms with Crippen LogP contribution in [0, 0.1) is 0 Å². The third-order valence-corrected chi connectivity index (χ3v) is 5.45. The third kappa shape index (κ3) is 4.92. The van der Waals surface area contributed by atoms with Crippen molar-refractivity contribution in [3.05, 3.63) is 71.4 Å². The second kappa shape index (κ2) is 9.00. The van der Waals surface area contributed by atoms with E-state index in [1.54, 1.807) is 6.07 Å². The van der Waals surface area contributed by atoms with Crippen molar-refractivity contribution in [2.45, 2.75) is 6.18 Å². The van der Waals surface area contributed by atoms with E-state index in [-0.39, 0.29) is 35.7 Å². The Balaban J connectivity index is 1.54. The number of alkyl halides is 3. The zero-order chi connectivity index (χ0) is 24.5. The fourth-order valence-corrected chi connectivity index (χ4v) is 3.70. The molecule has 34 heavy (non-hydrogen) atoms. The number of halogens is 3. The van der Waals surface area contributed by atoms with Crippen molar-refractivity contribution in [3.8, 4) is 16.9 Å². The number of phenols is 1. The van der Waals surface area contributed by atoms with Crippen LogP contribution in [0.25, 0.3) is 11.1 Å². The van der Waals surface area contributed by atoms with Crippen molar-refractivity contribution in [1.82, 2.24) is 15.1 Å². The molecule has 176 valence electrons. The molecular weight excluding hydrogens is 453 g/mol. The van der Waals surface area contributed by atoms with Gasteiger partial charge in [0.1, 0.15) is 5.75 Å². The van der Waals surface area contributed by atoms with Crippen LogP contribution in [0.1, 0.15) is 26.4 Å². The average molecular weight is 472 g/mol. The van der Waals surface area contributed by atoms with Crippen LogP contribution >= 0.6 is 0 Å². The van der Waals surface area contributed by atoms with Gasteiger partial charge in [0.15, 0.2) is 11.5 Å². The van der Waals surface area contributed by atoms with Crippen LogP contribution in [0.15, 0.2) is 54.6 Å². The zero-order valence-corrected chi connectivity index (χ0v) is 17.7. The van der Waals surface area contributed by atoms with E-state index in [4.69, 9.17) is 5.11 Å². The van der Waals surface area contributed by atoms with Gasteiger partial charge in [0.2, 0.25) is 0 Å². The van der Waals surface area contributed by atoms with Gasteiger partial charge < -0.3 is 20.0 Å². The molecule has 2 heterocycles. The Bertz CT molecular complexity index is 1220. The van der Waals surface area contributed by atoms with E-state index < -0.39 is 23.6 Å². The van der Waals surface area contributed by atoms with E-state index in [0.29, 0.717) is 24.5 Å². The van der Waals surface area contributed by atoms with Crippen LogP contribution < -0.4 is 4.90 Å². The topological polar surface area (TPSA) is 107 Å². The summed E-state index contributed by atoms with van der Waals surface area (Å²) in [6.07, 6.45) is -4.65. The maximum absolute atomic E-state index is 13.5. The number of carbonyl (C=O) groups excluding carboxylic acids is 1. The van der Waals surface area contributed by atoms with Gasteiger partial charge in [0.05, 0.1) is 5.56 Å². The van der Waals surface area contributed by atoms with Gasteiger partial charge in [-0.05, 0) is 53.6 Å². The molecule has 0 saturated carbocycles. The van der Waals surface area contributed by atoms with E-state index in [9.17, 15) is 27.9 Å². The first-order valence-electron chi connectivity index (χ1n) is 10.2. The largest absolute Gasteiger partial charge is 0.508 e. The summed E-state index contributed by atoms with van der Waals surface area (Å²) in [5, 5.41) is 26.2. The molecule has 2 aromatic carbocycles. The maximum Gasteiger partial charge on any atom is 0.416 e. The predicted molar refractivity (Wildman–Crippen MR) is 116 cm³/mol. The Morgan fingerprint density at radius 3 is 2.21 bits per heavy atom. The number of amides is 1. The van der Waals surface area contributed by atoms with Crippen molar-refractivity contribution >= 4 is 17.7 Å². The van der Waals surface area contributed by atoms with Crippen molar-refractivity contribution in [2.75, 3.05) is 31.1 Å². The number of nitrogens with zero attached hydrogens (tertiary/aromatic N) is 4. The highest BCUT2D eigenvalue weighted by Gasteiger charge is 2.33. The first-order valence-corrected chi connectivity index (χ1v) is 10.2. The number of carbonyl (C=O) groups is 2. The standard InChI is InChI=1S/C23H19F3N4O4/c24-23(25,26)17-11-15(14-2-1-3-18(31)13-14)10-16(12-17)21(32)30-8-6-29(7-9-30)20-5-4-19(22(33)34)27-28-20/h1-5,10-13,31H,6-9H2,(H,33,34). The van der Waals surface area contributed by atoms with Crippen molar-refractivity contribution < 1.29 is 33.0 Å². The van der Waals surface area contributed by atoms with Crippen molar-refractivity contribution in [1.29, 1.82) is 0 Å². The van der Waals surface area contributed by atoms with Crippen LogP contribution in [-0.4, -0.2) is 63.4 Å². The lowest BCUT2D eigenvalue weighted by Gasteiger charge is -2.35. The van der Waals surface area contributed by atoms with Gasteiger partial charge in [0.25, 0.3) is 5.91 Å². The van der Waals surface area contributed by atoms with Gasteiger partial charge in [-0.25, -0.2) is 4.79 Å². The molecule has 1 fully saturated rings. The minimum absolute atomic E-state index is 0.0987. The maximum atomic E-state index is 13.5. The van der Waals surface area contributed by atoms with E-state index in [1.807, 2.05) is 4.90 Å². The lowest BCUT2D eigenvalue weighted by Crippen LogP contribution is -2.49. The molecule has 0 atom stereocenters. The van der Waals surface area contributed by atoms with E-state index in [1.165, 1.54) is 41.3 Å². The van der Waals surface area contributed by atoms with Gasteiger partial charge >= 0.3 is 12.1 Å². The lowest BCUT2D eigenvalue weighted by atomic mass is 9.98. The first kappa shape index (κ1) is 23.0. The number of carboxylic acids is 1. The molecule has 3 aromatic rings. The number of phenolic OH excluding ortho intramolecular Hbond substituents is 1. The molecule has 1 aromatic heterocycles. The molecule has 1 saturated heterocycles. The monoisotopic (exact) mass is 472 g/mol. The lowest BCUT2D eigenvalue weighted by molar-refractivity contribution is -0.137. The molecule has 8 nitrogen and oxygen atoms in total. The van der Waals surface area contributed by atoms with Crippen molar-refractivity contribution in [2.24, 2.45) is 0 Å². The highest BCUT2D eigenvalue weighted by Crippen LogP contribution is 2.34. The molecule has 0 unspecified atom stereocenters. The van der Waals surface area contributed by atoms with Crippen molar-refractivity contribution in [3.63, 3.8) is 0 Å². The van der Waals surface area contributed by atoms with Gasteiger partial charge in [0, 0.05) is 31.7 Å². The molecule has 2 N–H and O–H groups in total. The molecule has 4 rings (SSSR count). The number of aromatic carboxylic acids is 1. The van der Waals surface area contributed by atoms with Crippen LogP contribution in [0.3, 0.4) is 0 Å². The van der Waals surface area contributed by atoms with E-state index >= 15 is 0 Å². The zero-order valence-electron chi connectivity index (χ0n) is 17.7. The number of piperazine rings is 1. The Morgan fingerprint density at radius 2 is 1.62 bits per heavy atom. The Hall–Kier alpha value is -4.15. The smallest absolute Gasteiger partial charge is 0.416 e. The normalized spacial score (nSPS) is 14.2. The predicted octanol–water partition coefficient (Wildman–Crippen LogP) is 3.53. The first-order chi connectivity index (χ1) is 16.1.